The number of hydrogen-bond acceptors (Lipinski definition) is 3. The zero-order valence-corrected chi connectivity index (χ0v) is 19.5. The summed E-state index contributed by atoms with van der Waals surface area (Å²) in [5.41, 5.74) is 0. The monoisotopic (exact) mass is 365 g/mol. The number of carbonyl (C=O) groups excluding carboxylic acids is 1. The van der Waals surface area contributed by atoms with E-state index in [1.54, 1.807) is 4.90 Å². The molecule has 0 spiro atoms. The maximum atomic E-state index is 11.6. The highest BCUT2D eigenvalue weighted by molar-refractivity contribution is 5.75. The molecule has 0 N–H and O–H groups in total. The zero-order valence-electron chi connectivity index (χ0n) is 19.5. The summed E-state index contributed by atoms with van der Waals surface area (Å²) in [6, 6.07) is 0. The number of hydrogen-bond donors (Lipinski definition) is 0. The predicted octanol–water partition coefficient (Wildman–Crippen LogP) is 6.18. The van der Waals surface area contributed by atoms with Crippen molar-refractivity contribution in [2.24, 2.45) is 0 Å². The van der Waals surface area contributed by atoms with E-state index >= 15 is 0 Å². The minimum atomic E-state index is 0.215. The minimum absolute atomic E-state index is 0.215. The fourth-order valence-electron chi connectivity index (χ4n) is 1.41. The fourth-order valence-corrected chi connectivity index (χ4v) is 1.41. The van der Waals surface area contributed by atoms with E-state index in [0.29, 0.717) is 32.8 Å². The summed E-state index contributed by atoms with van der Waals surface area (Å²) in [6.07, 6.45) is 3.93. The molecule has 0 unspecified atom stereocenters. The van der Waals surface area contributed by atoms with Gasteiger partial charge in [-0.2, -0.15) is 0 Å². The molecule has 0 aromatic heterocycles. The molecule has 0 radical (unpaired) electrons. The Morgan fingerprint density at radius 2 is 1.24 bits per heavy atom. The Morgan fingerprint density at radius 1 is 0.760 bits per heavy atom. The molecule has 0 saturated carbocycles. The quantitative estimate of drug-likeness (QED) is 0.410. The van der Waals surface area contributed by atoms with Gasteiger partial charge in [0.15, 0.2) is 0 Å². The highest BCUT2D eigenvalue weighted by Crippen LogP contribution is 2.01. The summed E-state index contributed by atoms with van der Waals surface area (Å²) < 4.78 is 10.5. The van der Waals surface area contributed by atoms with Crippen molar-refractivity contribution in [3.05, 3.63) is 0 Å². The molecule has 0 bridgehead atoms. The second-order valence-electron chi connectivity index (χ2n) is 4.08. The number of rotatable bonds is 11. The van der Waals surface area contributed by atoms with E-state index in [2.05, 4.69) is 6.92 Å². The summed E-state index contributed by atoms with van der Waals surface area (Å²) in [6.45, 7) is 23.3. The van der Waals surface area contributed by atoms with Gasteiger partial charge < -0.3 is 14.4 Å². The van der Waals surface area contributed by atoms with Crippen molar-refractivity contribution in [3.8, 4) is 0 Å². The van der Waals surface area contributed by atoms with E-state index in [-0.39, 0.29) is 5.91 Å². The highest BCUT2D eigenvalue weighted by atomic mass is 16.5. The van der Waals surface area contributed by atoms with Crippen LogP contribution in [0.1, 0.15) is 94.9 Å². The van der Waals surface area contributed by atoms with Crippen LogP contribution in [0, 0.1) is 0 Å². The summed E-state index contributed by atoms with van der Waals surface area (Å²) >= 11 is 0. The second kappa shape index (κ2) is 43.6. The molecule has 0 fully saturated rings. The first-order valence-corrected chi connectivity index (χ1v) is 10.6. The van der Waals surface area contributed by atoms with Gasteiger partial charge in [0, 0.05) is 26.6 Å². The van der Waals surface area contributed by atoms with Crippen LogP contribution in [-0.2, 0) is 14.3 Å². The summed E-state index contributed by atoms with van der Waals surface area (Å²) in [5.74, 6) is 0.215. The van der Waals surface area contributed by atoms with Gasteiger partial charge in [-0.1, -0.05) is 75.2 Å². The molecular weight excluding hydrogens is 314 g/mol. The van der Waals surface area contributed by atoms with Gasteiger partial charge in [0.1, 0.15) is 0 Å². The smallest absolute Gasteiger partial charge is 0.222 e. The largest absolute Gasteiger partial charge is 0.379 e. The third-order valence-corrected chi connectivity index (χ3v) is 2.57. The summed E-state index contributed by atoms with van der Waals surface area (Å²) in [7, 11) is 1.83. The lowest BCUT2D eigenvalue weighted by atomic mass is 10.2. The first kappa shape index (κ1) is 35.5. The van der Waals surface area contributed by atoms with Crippen LogP contribution in [0.2, 0.25) is 0 Å². The van der Waals surface area contributed by atoms with Gasteiger partial charge in [0.2, 0.25) is 5.91 Å². The predicted molar refractivity (Wildman–Crippen MR) is 114 cm³/mol. The van der Waals surface area contributed by atoms with Crippen LogP contribution in [0.25, 0.3) is 0 Å². The van der Waals surface area contributed by atoms with E-state index < -0.39 is 0 Å². The van der Waals surface area contributed by atoms with Gasteiger partial charge in [-0.25, -0.2) is 0 Å². The Balaban J connectivity index is -0.000000145. The van der Waals surface area contributed by atoms with E-state index in [0.717, 1.165) is 25.9 Å². The molecule has 0 aliphatic heterocycles. The van der Waals surface area contributed by atoms with Gasteiger partial charge in [-0.3, -0.25) is 4.79 Å². The molecule has 0 aromatic rings. The topological polar surface area (TPSA) is 38.8 Å². The van der Waals surface area contributed by atoms with Crippen LogP contribution in [0.3, 0.4) is 0 Å². The van der Waals surface area contributed by atoms with E-state index in [4.69, 9.17) is 9.47 Å². The van der Waals surface area contributed by atoms with Gasteiger partial charge in [-0.15, -0.1) is 0 Å². The molecule has 4 nitrogen and oxygen atoms in total. The van der Waals surface area contributed by atoms with E-state index in [9.17, 15) is 4.79 Å². The highest BCUT2D eigenvalue weighted by Gasteiger charge is 2.07. The lowest BCUT2D eigenvalue weighted by molar-refractivity contribution is -0.130. The van der Waals surface area contributed by atoms with Crippen LogP contribution in [0.4, 0.5) is 0 Å². The van der Waals surface area contributed by atoms with Gasteiger partial charge in [-0.05, 0) is 13.3 Å². The molecule has 0 heterocycles. The molecule has 0 atom stereocenters. The van der Waals surface area contributed by atoms with Gasteiger partial charge >= 0.3 is 0 Å². The molecule has 158 valence electrons. The molecule has 0 rings (SSSR count). The molecule has 4 heteroatoms. The lowest BCUT2D eigenvalue weighted by Gasteiger charge is -2.17. The normalized spacial score (nSPS) is 8.12. The Kier molecular flexibility index (Phi) is 62.0. The molecule has 0 aliphatic carbocycles. The number of ether oxygens (including phenoxy) is 2. The second-order valence-corrected chi connectivity index (χ2v) is 4.08. The van der Waals surface area contributed by atoms with Crippen molar-refractivity contribution >= 4 is 5.91 Å². The third-order valence-electron chi connectivity index (χ3n) is 2.57. The van der Waals surface area contributed by atoms with Crippen molar-refractivity contribution in [2.45, 2.75) is 94.9 Å². The van der Waals surface area contributed by atoms with Crippen molar-refractivity contribution in [2.75, 3.05) is 40.0 Å². The van der Waals surface area contributed by atoms with E-state index in [1.165, 1.54) is 0 Å². The van der Waals surface area contributed by atoms with Crippen LogP contribution in [-0.4, -0.2) is 50.8 Å². The number of amides is 1. The molecule has 0 aliphatic rings. The van der Waals surface area contributed by atoms with Crippen molar-refractivity contribution in [3.63, 3.8) is 0 Å². The zero-order chi connectivity index (χ0) is 20.9. The van der Waals surface area contributed by atoms with Gasteiger partial charge in [0.05, 0.1) is 19.8 Å². The van der Waals surface area contributed by atoms with Crippen LogP contribution >= 0.6 is 0 Å². The lowest BCUT2D eigenvalue weighted by Crippen LogP contribution is -2.30. The third kappa shape index (κ3) is 39.8. The maximum absolute atomic E-state index is 11.6. The molecule has 25 heavy (non-hydrogen) atoms. The average molecular weight is 366 g/mol. The minimum Gasteiger partial charge on any atom is -0.379 e. The average Bonchev–Trinajstić information content (AvgIpc) is 2.70. The van der Waals surface area contributed by atoms with Crippen molar-refractivity contribution < 1.29 is 14.3 Å². The Labute approximate surface area is 160 Å². The molecule has 1 amide bonds. The Morgan fingerprint density at radius 3 is 1.68 bits per heavy atom. The van der Waals surface area contributed by atoms with Gasteiger partial charge in [0.25, 0.3) is 0 Å². The fraction of sp³-hybridized carbons (Fsp3) is 0.952. The van der Waals surface area contributed by atoms with Crippen LogP contribution < -0.4 is 0 Å². The summed E-state index contributed by atoms with van der Waals surface area (Å²) in [5, 5.41) is 0. The SMILES string of the molecule is CC.CC.CC.CC.CCCCCC(=O)N(C)CCOCCOCC. The number of nitrogens with zero attached hydrogens (tertiary/aromatic N) is 1. The molecular formula is C21H51NO3. The number of likely N-dealkylation sites (N-methyl/N-ethyl adjacent to an activating group) is 1. The van der Waals surface area contributed by atoms with E-state index in [1.807, 2.05) is 69.4 Å². The molecule has 0 saturated heterocycles. The standard InChI is InChI=1S/C13H27NO3.4C2H6/c1-4-6-7-8-13(15)14(3)9-10-17-12-11-16-5-2;4*1-2/h4-12H2,1-3H3;4*1-2H3. The first-order valence-electron chi connectivity index (χ1n) is 10.6. The first-order chi connectivity index (χ1) is 12.2. The molecule has 0 aromatic carbocycles. The maximum Gasteiger partial charge on any atom is 0.222 e. The van der Waals surface area contributed by atoms with Crippen LogP contribution in [0.15, 0.2) is 0 Å². The number of unbranched alkanes of at least 4 members (excludes halogenated alkanes) is 2. The van der Waals surface area contributed by atoms with Crippen LogP contribution in [0.5, 0.6) is 0 Å². The number of carbonyl (C=O) groups is 1. The van der Waals surface area contributed by atoms with Crippen molar-refractivity contribution in [1.29, 1.82) is 0 Å². The Hall–Kier alpha value is -0.610. The summed E-state index contributed by atoms with van der Waals surface area (Å²) in [4.78, 5) is 13.4. The Bertz CT molecular complexity index is 188. The van der Waals surface area contributed by atoms with Crippen molar-refractivity contribution in [1.82, 2.24) is 4.90 Å².